The summed E-state index contributed by atoms with van der Waals surface area (Å²) in [6.07, 6.45) is 5.57. The Bertz CT molecular complexity index is 500. The molecular formula is C17H26N2O. The van der Waals surface area contributed by atoms with Crippen LogP contribution in [0.3, 0.4) is 0 Å². The first kappa shape index (κ1) is 13.9. The van der Waals surface area contributed by atoms with Gasteiger partial charge in [-0.1, -0.05) is 12.5 Å². The fourth-order valence-electron chi connectivity index (χ4n) is 4.51. The molecule has 2 aliphatic carbocycles. The molecule has 0 spiro atoms. The van der Waals surface area contributed by atoms with Gasteiger partial charge in [-0.15, -0.1) is 0 Å². The van der Waals surface area contributed by atoms with E-state index < -0.39 is 0 Å². The zero-order valence-corrected chi connectivity index (χ0v) is 12.8. The van der Waals surface area contributed by atoms with E-state index in [1.807, 2.05) is 0 Å². The topological polar surface area (TPSA) is 47.3 Å². The van der Waals surface area contributed by atoms with Crippen molar-refractivity contribution in [1.29, 1.82) is 0 Å². The number of hydrogen-bond acceptors (Lipinski definition) is 3. The number of rotatable bonds is 4. The first-order valence-electron chi connectivity index (χ1n) is 7.75. The van der Waals surface area contributed by atoms with Gasteiger partial charge in [-0.2, -0.15) is 0 Å². The van der Waals surface area contributed by atoms with E-state index in [0.717, 1.165) is 17.6 Å². The third-order valence-corrected chi connectivity index (χ3v) is 5.52. The van der Waals surface area contributed by atoms with Crippen molar-refractivity contribution < 1.29 is 4.74 Å². The van der Waals surface area contributed by atoms with Crippen LogP contribution in [0.25, 0.3) is 0 Å². The average molecular weight is 274 g/mol. The molecule has 0 amide bonds. The summed E-state index contributed by atoms with van der Waals surface area (Å²) in [4.78, 5) is 0. The molecule has 20 heavy (non-hydrogen) atoms. The molecule has 3 N–H and O–H groups in total. The molecule has 2 fully saturated rings. The summed E-state index contributed by atoms with van der Waals surface area (Å²) in [7, 11) is 1.73. The highest BCUT2D eigenvalue weighted by atomic mass is 16.5. The van der Waals surface area contributed by atoms with Gasteiger partial charge in [-0.3, -0.25) is 11.3 Å². The largest absolute Gasteiger partial charge is 0.496 e. The standard InChI is InChI=1S/C17H26N2O/c1-10-7-16(20-3)11(2)6-14(10)17(19-18)15-9-12-4-5-13(15)8-12/h6-7,12-13,15,17,19H,4-5,8-9,18H2,1-3H3. The highest BCUT2D eigenvalue weighted by Crippen LogP contribution is 2.52. The predicted molar refractivity (Wildman–Crippen MR) is 81.5 cm³/mol. The van der Waals surface area contributed by atoms with Gasteiger partial charge in [-0.25, -0.2) is 0 Å². The van der Waals surface area contributed by atoms with Gasteiger partial charge in [0, 0.05) is 6.04 Å². The molecular weight excluding hydrogens is 248 g/mol. The molecule has 0 heterocycles. The van der Waals surface area contributed by atoms with Gasteiger partial charge in [-0.05, 0) is 73.6 Å². The highest BCUT2D eigenvalue weighted by molar-refractivity contribution is 5.43. The van der Waals surface area contributed by atoms with Crippen LogP contribution in [0.1, 0.15) is 48.4 Å². The molecule has 0 saturated heterocycles. The summed E-state index contributed by atoms with van der Waals surface area (Å²) in [5.74, 6) is 9.40. The van der Waals surface area contributed by atoms with Gasteiger partial charge in [0.1, 0.15) is 5.75 Å². The van der Waals surface area contributed by atoms with E-state index >= 15 is 0 Å². The van der Waals surface area contributed by atoms with E-state index in [1.54, 1.807) is 7.11 Å². The van der Waals surface area contributed by atoms with Crippen LogP contribution in [0.2, 0.25) is 0 Å². The van der Waals surface area contributed by atoms with Crippen LogP contribution >= 0.6 is 0 Å². The van der Waals surface area contributed by atoms with E-state index in [0.29, 0.717) is 5.92 Å². The number of nitrogens with one attached hydrogen (secondary N) is 1. The van der Waals surface area contributed by atoms with Crippen molar-refractivity contribution in [2.75, 3.05) is 7.11 Å². The third kappa shape index (κ3) is 2.23. The van der Waals surface area contributed by atoms with Crippen molar-refractivity contribution in [3.05, 3.63) is 28.8 Å². The van der Waals surface area contributed by atoms with Gasteiger partial charge in [0.25, 0.3) is 0 Å². The molecule has 4 atom stereocenters. The number of fused-ring (bicyclic) bond motifs is 2. The number of hydrazine groups is 1. The lowest BCUT2D eigenvalue weighted by molar-refractivity contribution is 0.251. The summed E-state index contributed by atoms with van der Waals surface area (Å²) < 4.78 is 5.42. The lowest BCUT2D eigenvalue weighted by Gasteiger charge is -2.31. The third-order valence-electron chi connectivity index (χ3n) is 5.52. The smallest absolute Gasteiger partial charge is 0.122 e. The van der Waals surface area contributed by atoms with Gasteiger partial charge in [0.15, 0.2) is 0 Å². The molecule has 3 rings (SSSR count). The van der Waals surface area contributed by atoms with E-state index in [1.165, 1.54) is 42.4 Å². The Labute approximate surface area is 121 Å². The summed E-state index contributed by atoms with van der Waals surface area (Å²) >= 11 is 0. The van der Waals surface area contributed by atoms with Crippen molar-refractivity contribution in [2.24, 2.45) is 23.6 Å². The monoisotopic (exact) mass is 274 g/mol. The molecule has 3 nitrogen and oxygen atoms in total. The zero-order valence-electron chi connectivity index (χ0n) is 12.8. The quantitative estimate of drug-likeness (QED) is 0.654. The first-order chi connectivity index (χ1) is 9.63. The van der Waals surface area contributed by atoms with Crippen LogP contribution in [0.5, 0.6) is 5.75 Å². The molecule has 2 saturated carbocycles. The Kier molecular flexibility index (Phi) is 3.74. The highest BCUT2D eigenvalue weighted by Gasteiger charge is 2.43. The second-order valence-electron chi connectivity index (χ2n) is 6.66. The van der Waals surface area contributed by atoms with E-state index in [4.69, 9.17) is 10.6 Å². The molecule has 2 bridgehead atoms. The Morgan fingerprint density at radius 3 is 2.55 bits per heavy atom. The number of hydrogen-bond donors (Lipinski definition) is 2. The zero-order chi connectivity index (χ0) is 14.3. The number of benzene rings is 1. The van der Waals surface area contributed by atoms with Crippen LogP contribution in [0.15, 0.2) is 12.1 Å². The van der Waals surface area contributed by atoms with Gasteiger partial charge in [0.2, 0.25) is 0 Å². The lowest BCUT2D eigenvalue weighted by atomic mass is 9.79. The minimum Gasteiger partial charge on any atom is -0.496 e. The van der Waals surface area contributed by atoms with Gasteiger partial charge < -0.3 is 4.74 Å². The predicted octanol–water partition coefficient (Wildman–Crippen LogP) is 3.25. The Balaban J connectivity index is 1.91. The van der Waals surface area contributed by atoms with Gasteiger partial charge >= 0.3 is 0 Å². The van der Waals surface area contributed by atoms with Crippen LogP contribution in [-0.2, 0) is 0 Å². The number of aryl methyl sites for hydroxylation is 2. The van der Waals surface area contributed by atoms with E-state index in [9.17, 15) is 0 Å². The van der Waals surface area contributed by atoms with Crippen LogP contribution in [0.4, 0.5) is 0 Å². The molecule has 2 aliphatic rings. The maximum absolute atomic E-state index is 5.92. The minimum absolute atomic E-state index is 0.287. The Morgan fingerprint density at radius 2 is 2.00 bits per heavy atom. The second kappa shape index (κ2) is 5.38. The summed E-state index contributed by atoms with van der Waals surface area (Å²) in [6.45, 7) is 4.27. The van der Waals surface area contributed by atoms with Crippen molar-refractivity contribution >= 4 is 0 Å². The minimum atomic E-state index is 0.287. The second-order valence-corrected chi connectivity index (χ2v) is 6.66. The van der Waals surface area contributed by atoms with Crippen LogP contribution in [-0.4, -0.2) is 7.11 Å². The Morgan fingerprint density at radius 1 is 1.20 bits per heavy atom. The summed E-state index contributed by atoms with van der Waals surface area (Å²) in [5.41, 5.74) is 6.93. The number of nitrogens with two attached hydrogens (primary N) is 1. The molecule has 4 unspecified atom stereocenters. The molecule has 1 aromatic carbocycles. The lowest BCUT2D eigenvalue weighted by Crippen LogP contribution is -2.36. The van der Waals surface area contributed by atoms with E-state index in [2.05, 4.69) is 31.4 Å². The molecule has 0 radical (unpaired) electrons. The van der Waals surface area contributed by atoms with Crippen molar-refractivity contribution in [3.63, 3.8) is 0 Å². The fourth-order valence-corrected chi connectivity index (χ4v) is 4.51. The maximum atomic E-state index is 5.92. The van der Waals surface area contributed by atoms with Gasteiger partial charge in [0.05, 0.1) is 7.11 Å². The van der Waals surface area contributed by atoms with Crippen molar-refractivity contribution in [2.45, 2.75) is 45.6 Å². The number of methoxy groups -OCH3 is 1. The van der Waals surface area contributed by atoms with Crippen LogP contribution in [0, 0.1) is 31.6 Å². The summed E-state index contributed by atoms with van der Waals surface area (Å²) in [6, 6.07) is 4.68. The summed E-state index contributed by atoms with van der Waals surface area (Å²) in [5, 5.41) is 0. The molecule has 0 aliphatic heterocycles. The first-order valence-corrected chi connectivity index (χ1v) is 7.75. The maximum Gasteiger partial charge on any atom is 0.122 e. The van der Waals surface area contributed by atoms with E-state index in [-0.39, 0.29) is 6.04 Å². The molecule has 0 aromatic heterocycles. The van der Waals surface area contributed by atoms with Crippen molar-refractivity contribution in [1.82, 2.24) is 5.43 Å². The molecule has 1 aromatic rings. The SMILES string of the molecule is COc1cc(C)c(C(NN)C2CC3CCC2C3)cc1C. The molecule has 110 valence electrons. The Hall–Kier alpha value is -1.06. The van der Waals surface area contributed by atoms with Crippen LogP contribution < -0.4 is 16.0 Å². The normalized spacial score (nSPS) is 29.7. The average Bonchev–Trinajstić information content (AvgIpc) is 3.05. The fraction of sp³-hybridized carbons (Fsp3) is 0.647. The molecule has 3 heteroatoms. The van der Waals surface area contributed by atoms with Crippen molar-refractivity contribution in [3.8, 4) is 5.75 Å². The number of ether oxygens (including phenoxy) is 1.